The molecule has 1 heterocycles. The van der Waals surface area contributed by atoms with Crippen molar-refractivity contribution in [2.45, 2.75) is 75.9 Å². The van der Waals surface area contributed by atoms with Gasteiger partial charge in [0.1, 0.15) is 5.75 Å². The fourth-order valence-electron chi connectivity index (χ4n) is 6.27. The number of amides is 1. The van der Waals surface area contributed by atoms with Gasteiger partial charge >= 0.3 is 6.36 Å². The Bertz CT molecular complexity index is 1450. The number of alkyl halides is 3. The van der Waals surface area contributed by atoms with E-state index in [0.717, 1.165) is 49.7 Å². The predicted molar refractivity (Wildman–Crippen MR) is 174 cm³/mol. The number of hydrogen-bond acceptors (Lipinski definition) is 7. The van der Waals surface area contributed by atoms with Gasteiger partial charge in [-0.15, -0.1) is 23.9 Å². The van der Waals surface area contributed by atoms with Crippen LogP contribution in [0.2, 0.25) is 0 Å². The van der Waals surface area contributed by atoms with Gasteiger partial charge in [0, 0.05) is 25.2 Å². The van der Waals surface area contributed by atoms with Crippen molar-refractivity contribution in [2.24, 2.45) is 0 Å². The van der Waals surface area contributed by atoms with Crippen LogP contribution in [0.3, 0.4) is 0 Å². The Balaban J connectivity index is 1.33. The highest BCUT2D eigenvalue weighted by Crippen LogP contribution is 2.50. The van der Waals surface area contributed by atoms with Crippen LogP contribution < -0.4 is 19.7 Å². The van der Waals surface area contributed by atoms with E-state index in [1.807, 2.05) is 42.5 Å². The molecule has 3 aromatic carbocycles. The fourth-order valence-corrected chi connectivity index (χ4v) is 7.95. The van der Waals surface area contributed by atoms with Gasteiger partial charge in [0.05, 0.1) is 23.6 Å². The summed E-state index contributed by atoms with van der Waals surface area (Å²) in [6, 6.07) is 19.9. The molecule has 1 aliphatic carbocycles. The normalized spacial score (nSPS) is 19.0. The van der Waals surface area contributed by atoms with Crippen LogP contribution in [0.4, 0.5) is 18.9 Å². The van der Waals surface area contributed by atoms with E-state index in [2.05, 4.69) is 15.4 Å². The standard InChI is InChI=1S/C34H42F3N3O5S/c35-34(36,37)45-30-14-8-11-25(17-30)22-38-23-32(41)31(18-24-9-2-1-3-10-24)39-33(42)28-19-27(26-12-4-5-13-26)20-29(21-28)40-15-6-7-16-46(40,43)44/h1-3,8-11,14,17,19-21,26,31-32,38,41,43-44H,4-7,12-13,15-16,18,22-23H2,(H,39,42)/t31-,32+/m0/s1. The summed E-state index contributed by atoms with van der Waals surface area (Å²) in [6.45, 7) is 0.723. The molecule has 0 unspecified atom stereocenters. The van der Waals surface area contributed by atoms with Crippen molar-refractivity contribution in [3.05, 3.63) is 95.1 Å². The molecule has 5 N–H and O–H groups in total. The molecule has 5 rings (SSSR count). The largest absolute Gasteiger partial charge is 0.573 e. The third kappa shape index (κ3) is 9.38. The van der Waals surface area contributed by atoms with Crippen LogP contribution in [0, 0.1) is 0 Å². The molecule has 1 saturated heterocycles. The van der Waals surface area contributed by atoms with Crippen molar-refractivity contribution in [3.63, 3.8) is 0 Å². The number of anilines is 1. The summed E-state index contributed by atoms with van der Waals surface area (Å²) in [6.07, 6.45) is 0.284. The first kappa shape index (κ1) is 34.1. The second-order valence-corrected chi connectivity index (χ2v) is 14.2. The number of benzene rings is 3. The Morgan fingerprint density at radius 1 is 0.957 bits per heavy atom. The topological polar surface area (TPSA) is 114 Å². The van der Waals surface area contributed by atoms with Gasteiger partial charge in [-0.05, 0) is 85.0 Å². The van der Waals surface area contributed by atoms with Crippen LogP contribution in [-0.4, -0.2) is 57.5 Å². The summed E-state index contributed by atoms with van der Waals surface area (Å²) in [5, 5.41) is 17.4. The molecule has 2 aliphatic rings. The Morgan fingerprint density at radius 3 is 2.41 bits per heavy atom. The van der Waals surface area contributed by atoms with Crippen LogP contribution in [0.1, 0.15) is 71.5 Å². The molecule has 2 fully saturated rings. The van der Waals surface area contributed by atoms with E-state index in [1.54, 1.807) is 16.4 Å². The fraction of sp³-hybridized carbons (Fsp3) is 0.441. The number of nitrogens with zero attached hydrogens (tertiary/aromatic N) is 1. The number of aliphatic hydroxyl groups is 1. The number of carbonyl (C=O) groups excluding carboxylic acids is 1. The third-order valence-corrected chi connectivity index (χ3v) is 10.5. The molecular weight excluding hydrogens is 619 g/mol. The van der Waals surface area contributed by atoms with E-state index in [9.17, 15) is 32.2 Å². The van der Waals surface area contributed by atoms with Crippen LogP contribution in [0.25, 0.3) is 0 Å². The minimum absolute atomic E-state index is 0.0597. The minimum Gasteiger partial charge on any atom is -0.406 e. The minimum atomic E-state index is -4.79. The number of rotatable bonds is 12. The molecule has 1 aliphatic heterocycles. The summed E-state index contributed by atoms with van der Waals surface area (Å²) in [5.74, 6) is -0.133. The van der Waals surface area contributed by atoms with Crippen molar-refractivity contribution < 1.29 is 36.9 Å². The van der Waals surface area contributed by atoms with E-state index >= 15 is 0 Å². The number of hydrogen-bond donors (Lipinski definition) is 5. The lowest BCUT2D eigenvalue weighted by atomic mass is 9.94. The lowest BCUT2D eigenvalue weighted by molar-refractivity contribution is -0.274. The summed E-state index contributed by atoms with van der Waals surface area (Å²) in [5.41, 5.74) is 3.45. The summed E-state index contributed by atoms with van der Waals surface area (Å²) >= 11 is 0. The number of ether oxygens (including phenoxy) is 1. The van der Waals surface area contributed by atoms with E-state index in [-0.39, 0.29) is 30.7 Å². The monoisotopic (exact) mass is 661 g/mol. The lowest BCUT2D eigenvalue weighted by Gasteiger charge is -2.47. The van der Waals surface area contributed by atoms with Crippen molar-refractivity contribution in [3.8, 4) is 5.75 Å². The second kappa shape index (κ2) is 15.1. The zero-order valence-corrected chi connectivity index (χ0v) is 26.4. The van der Waals surface area contributed by atoms with E-state index < -0.39 is 29.3 Å². The van der Waals surface area contributed by atoms with Gasteiger partial charge < -0.3 is 20.5 Å². The molecule has 0 bridgehead atoms. The highest BCUT2D eigenvalue weighted by Gasteiger charge is 2.32. The molecule has 1 amide bonds. The predicted octanol–water partition coefficient (Wildman–Crippen LogP) is 7.00. The molecule has 2 atom stereocenters. The smallest absolute Gasteiger partial charge is 0.406 e. The van der Waals surface area contributed by atoms with Gasteiger partial charge in [0.15, 0.2) is 0 Å². The van der Waals surface area contributed by atoms with Crippen LogP contribution in [0.5, 0.6) is 5.75 Å². The van der Waals surface area contributed by atoms with Crippen LogP contribution in [-0.2, 0) is 13.0 Å². The highest BCUT2D eigenvalue weighted by atomic mass is 32.3. The van der Waals surface area contributed by atoms with E-state index in [0.29, 0.717) is 35.5 Å². The SMILES string of the molecule is O=C(N[C@@H](Cc1ccccc1)[C@H](O)CNCc1cccc(OC(F)(F)F)c1)c1cc(C2CCCC2)cc(N2CCCCS2(O)O)c1. The zero-order chi connectivity index (χ0) is 32.7. The summed E-state index contributed by atoms with van der Waals surface area (Å²) in [7, 11) is -2.99. The van der Waals surface area contributed by atoms with Crippen molar-refractivity contribution in [1.82, 2.24) is 10.6 Å². The molecule has 0 aromatic heterocycles. The molecule has 3 aromatic rings. The van der Waals surface area contributed by atoms with Crippen molar-refractivity contribution in [2.75, 3.05) is 23.1 Å². The third-order valence-electron chi connectivity index (χ3n) is 8.59. The van der Waals surface area contributed by atoms with Crippen LogP contribution >= 0.6 is 10.8 Å². The first-order valence-electron chi connectivity index (χ1n) is 15.7. The maximum absolute atomic E-state index is 13.9. The van der Waals surface area contributed by atoms with Gasteiger partial charge in [-0.3, -0.25) is 18.2 Å². The first-order chi connectivity index (χ1) is 22.0. The Morgan fingerprint density at radius 2 is 1.70 bits per heavy atom. The maximum Gasteiger partial charge on any atom is 0.573 e. The molecular formula is C34H42F3N3O5S. The highest BCUT2D eigenvalue weighted by molar-refractivity contribution is 8.25. The summed E-state index contributed by atoms with van der Waals surface area (Å²) < 4.78 is 65.3. The van der Waals surface area contributed by atoms with Gasteiger partial charge in [0.25, 0.3) is 5.91 Å². The molecule has 0 radical (unpaired) electrons. The molecule has 8 nitrogen and oxygen atoms in total. The molecule has 0 spiro atoms. The van der Waals surface area contributed by atoms with Gasteiger partial charge in [0.2, 0.25) is 0 Å². The van der Waals surface area contributed by atoms with Crippen molar-refractivity contribution >= 4 is 22.4 Å². The molecule has 12 heteroatoms. The average Bonchev–Trinajstić information content (AvgIpc) is 3.56. The second-order valence-electron chi connectivity index (χ2n) is 12.1. The molecule has 250 valence electrons. The summed E-state index contributed by atoms with van der Waals surface area (Å²) in [4.78, 5) is 13.9. The van der Waals surface area contributed by atoms with Crippen LogP contribution in [0.15, 0.2) is 72.8 Å². The zero-order valence-electron chi connectivity index (χ0n) is 25.6. The number of nitrogens with one attached hydrogen (secondary N) is 2. The Kier molecular flexibility index (Phi) is 11.2. The Hall–Kier alpha value is -3.29. The van der Waals surface area contributed by atoms with Gasteiger partial charge in [-0.1, -0.05) is 55.3 Å². The van der Waals surface area contributed by atoms with Gasteiger partial charge in [-0.25, -0.2) is 0 Å². The Labute approximate surface area is 269 Å². The quantitative estimate of drug-likeness (QED) is 0.142. The molecule has 1 saturated carbocycles. The van der Waals surface area contributed by atoms with Gasteiger partial charge in [-0.2, -0.15) is 0 Å². The number of halogens is 3. The average molecular weight is 662 g/mol. The molecule has 46 heavy (non-hydrogen) atoms. The number of carbonyl (C=O) groups is 1. The first-order valence-corrected chi connectivity index (χ1v) is 17.4. The van der Waals surface area contributed by atoms with E-state index in [4.69, 9.17) is 0 Å². The lowest BCUT2D eigenvalue weighted by Crippen LogP contribution is -2.48. The number of aliphatic hydroxyl groups excluding tert-OH is 1. The van der Waals surface area contributed by atoms with Crippen molar-refractivity contribution in [1.29, 1.82) is 0 Å². The van der Waals surface area contributed by atoms with E-state index in [1.165, 1.54) is 18.2 Å². The maximum atomic E-state index is 13.9.